The molecule has 1 heterocycles. The molecule has 3 aromatic carbocycles. The Bertz CT molecular complexity index is 1300. The maximum absolute atomic E-state index is 11.6. The Balaban J connectivity index is 1.40. The number of carboxylic acid groups (broad SMARTS) is 1. The number of benzene rings is 3. The van der Waals surface area contributed by atoms with Crippen molar-refractivity contribution >= 4 is 22.6 Å². The first kappa shape index (κ1) is 24.3. The van der Waals surface area contributed by atoms with Gasteiger partial charge in [0.15, 0.2) is 0 Å². The Morgan fingerprint density at radius 1 is 1.09 bits per heavy atom. The summed E-state index contributed by atoms with van der Waals surface area (Å²) in [5.41, 5.74) is 5.02. The van der Waals surface area contributed by atoms with Crippen LogP contribution in [-0.4, -0.2) is 34.4 Å². The minimum absolute atomic E-state index is 0.579. The molecular formula is C29H33N3O3. The monoisotopic (exact) mass is 471 g/mol. The van der Waals surface area contributed by atoms with Gasteiger partial charge in [-0.3, -0.25) is 9.89 Å². The molecule has 4 aromatic rings. The van der Waals surface area contributed by atoms with E-state index in [1.807, 2.05) is 42.5 Å². The zero-order chi connectivity index (χ0) is 24.8. The molecule has 35 heavy (non-hydrogen) atoms. The first-order valence-corrected chi connectivity index (χ1v) is 12.2. The number of aromatic amines is 1. The molecule has 3 N–H and O–H groups in total. The minimum atomic E-state index is -0.928. The normalized spacial score (nSPS) is 11.5. The number of fused-ring (bicyclic) bond motifs is 1. The van der Waals surface area contributed by atoms with Crippen molar-refractivity contribution < 1.29 is 14.6 Å². The number of carbonyl (C=O) groups is 1. The fourth-order valence-electron chi connectivity index (χ4n) is 4.20. The summed E-state index contributed by atoms with van der Waals surface area (Å²) in [6.45, 7) is 6.91. The second kappa shape index (κ2) is 10.6. The number of aryl methyl sites for hydroxylation is 1. The Morgan fingerprint density at radius 2 is 1.89 bits per heavy atom. The number of hydrogen-bond donors (Lipinski definition) is 3. The molecule has 6 nitrogen and oxygen atoms in total. The van der Waals surface area contributed by atoms with Crippen molar-refractivity contribution in [2.24, 2.45) is 0 Å². The standard InChI is InChI=1S/C29H33N3O3/c1-4-10-23-25(16-15-24-26(31-32-27(23)24)20-11-6-5-7-12-20)35-18-9-17-30-22-14-8-13-21(19-22)29(2,3)28(33)34/h5-8,11-16,19,30H,4,9-10,17-18H2,1-3H3,(H,31,32)(H,33,34). The van der Waals surface area contributed by atoms with Crippen LogP contribution in [0.2, 0.25) is 0 Å². The van der Waals surface area contributed by atoms with Crippen LogP contribution in [0.4, 0.5) is 5.69 Å². The molecule has 0 unspecified atom stereocenters. The fraction of sp³-hybridized carbons (Fsp3) is 0.310. The van der Waals surface area contributed by atoms with Gasteiger partial charge in [0, 0.05) is 28.7 Å². The second-order valence-electron chi connectivity index (χ2n) is 9.29. The van der Waals surface area contributed by atoms with Crippen LogP contribution in [0.15, 0.2) is 66.7 Å². The van der Waals surface area contributed by atoms with Crippen molar-refractivity contribution in [1.29, 1.82) is 0 Å². The first-order chi connectivity index (χ1) is 16.9. The van der Waals surface area contributed by atoms with Crippen molar-refractivity contribution in [3.05, 3.63) is 77.9 Å². The summed E-state index contributed by atoms with van der Waals surface area (Å²) in [7, 11) is 0. The van der Waals surface area contributed by atoms with Crippen molar-refractivity contribution in [3.63, 3.8) is 0 Å². The molecule has 0 aliphatic carbocycles. The molecule has 0 aliphatic rings. The van der Waals surface area contributed by atoms with Crippen LogP contribution in [0.25, 0.3) is 22.2 Å². The molecule has 6 heteroatoms. The second-order valence-corrected chi connectivity index (χ2v) is 9.29. The first-order valence-electron chi connectivity index (χ1n) is 12.2. The van der Waals surface area contributed by atoms with E-state index in [2.05, 4.69) is 46.7 Å². The predicted octanol–water partition coefficient (Wildman–Crippen LogP) is 6.43. The van der Waals surface area contributed by atoms with Gasteiger partial charge in [-0.05, 0) is 56.5 Å². The molecule has 4 rings (SSSR count). The number of H-pyrrole nitrogens is 1. The van der Waals surface area contributed by atoms with Gasteiger partial charge >= 0.3 is 5.97 Å². The highest BCUT2D eigenvalue weighted by molar-refractivity contribution is 5.95. The van der Waals surface area contributed by atoms with E-state index in [0.29, 0.717) is 6.61 Å². The minimum Gasteiger partial charge on any atom is -0.493 e. The third-order valence-electron chi connectivity index (χ3n) is 6.38. The molecular weight excluding hydrogens is 438 g/mol. The average molecular weight is 472 g/mol. The smallest absolute Gasteiger partial charge is 0.313 e. The molecule has 0 saturated carbocycles. The Morgan fingerprint density at radius 3 is 2.63 bits per heavy atom. The highest BCUT2D eigenvalue weighted by Crippen LogP contribution is 2.33. The molecule has 0 fully saturated rings. The molecule has 0 amide bonds. The summed E-state index contributed by atoms with van der Waals surface area (Å²) in [6, 6.07) is 22.0. The van der Waals surface area contributed by atoms with Gasteiger partial charge in [0.2, 0.25) is 0 Å². The summed E-state index contributed by atoms with van der Waals surface area (Å²) < 4.78 is 6.19. The topological polar surface area (TPSA) is 87.2 Å². The maximum Gasteiger partial charge on any atom is 0.313 e. The number of anilines is 1. The number of rotatable bonds is 11. The van der Waals surface area contributed by atoms with E-state index in [-0.39, 0.29) is 0 Å². The third kappa shape index (κ3) is 5.32. The zero-order valence-electron chi connectivity index (χ0n) is 20.6. The number of carboxylic acids is 1. The van der Waals surface area contributed by atoms with Gasteiger partial charge in [-0.25, -0.2) is 0 Å². The fourth-order valence-corrected chi connectivity index (χ4v) is 4.20. The molecule has 0 spiro atoms. The lowest BCUT2D eigenvalue weighted by atomic mass is 9.84. The Labute approximate surface area is 206 Å². The number of nitrogens with zero attached hydrogens (tertiary/aromatic N) is 1. The number of hydrogen-bond acceptors (Lipinski definition) is 4. The van der Waals surface area contributed by atoms with E-state index in [1.165, 1.54) is 0 Å². The summed E-state index contributed by atoms with van der Waals surface area (Å²) in [5, 5.41) is 21.8. The predicted molar refractivity (Wildman–Crippen MR) is 141 cm³/mol. The van der Waals surface area contributed by atoms with Crippen molar-refractivity contribution in [2.45, 2.75) is 45.4 Å². The summed E-state index contributed by atoms with van der Waals surface area (Å²) in [6.07, 6.45) is 2.74. The maximum atomic E-state index is 11.6. The van der Waals surface area contributed by atoms with Gasteiger partial charge in [-0.2, -0.15) is 5.10 Å². The number of aliphatic carboxylic acids is 1. The zero-order valence-corrected chi connectivity index (χ0v) is 20.6. The molecule has 1 aromatic heterocycles. The van der Waals surface area contributed by atoms with Crippen molar-refractivity contribution in [2.75, 3.05) is 18.5 Å². The van der Waals surface area contributed by atoms with E-state index in [0.717, 1.165) is 70.5 Å². The molecule has 0 aliphatic heterocycles. The van der Waals surface area contributed by atoms with Gasteiger partial charge in [-0.1, -0.05) is 55.8 Å². The van der Waals surface area contributed by atoms with E-state index < -0.39 is 11.4 Å². The average Bonchev–Trinajstić information content (AvgIpc) is 3.30. The van der Waals surface area contributed by atoms with Gasteiger partial charge in [0.1, 0.15) is 5.75 Å². The lowest BCUT2D eigenvalue weighted by molar-refractivity contribution is -0.142. The number of aromatic nitrogens is 2. The Hall–Kier alpha value is -3.80. The van der Waals surface area contributed by atoms with Gasteiger partial charge in [0.05, 0.1) is 23.2 Å². The van der Waals surface area contributed by atoms with Crippen molar-refractivity contribution in [1.82, 2.24) is 10.2 Å². The van der Waals surface area contributed by atoms with Crippen LogP contribution in [0, 0.1) is 0 Å². The van der Waals surface area contributed by atoms with Crippen LogP contribution < -0.4 is 10.1 Å². The molecule has 182 valence electrons. The molecule has 0 saturated heterocycles. The van der Waals surface area contributed by atoms with Crippen LogP contribution >= 0.6 is 0 Å². The van der Waals surface area contributed by atoms with Gasteiger partial charge in [0.25, 0.3) is 0 Å². The van der Waals surface area contributed by atoms with E-state index in [4.69, 9.17) is 4.74 Å². The highest BCUT2D eigenvalue weighted by Gasteiger charge is 2.29. The molecule has 0 radical (unpaired) electrons. The van der Waals surface area contributed by atoms with Crippen LogP contribution in [0.1, 0.15) is 44.7 Å². The lowest BCUT2D eigenvalue weighted by Crippen LogP contribution is -2.28. The van der Waals surface area contributed by atoms with E-state index in [9.17, 15) is 9.90 Å². The Kier molecular flexibility index (Phi) is 7.39. The summed E-state index contributed by atoms with van der Waals surface area (Å²) in [4.78, 5) is 11.6. The summed E-state index contributed by atoms with van der Waals surface area (Å²) in [5.74, 6) is 0.0591. The van der Waals surface area contributed by atoms with E-state index >= 15 is 0 Å². The van der Waals surface area contributed by atoms with Gasteiger partial charge in [-0.15, -0.1) is 0 Å². The SMILES string of the molecule is CCCc1c(OCCCNc2cccc(C(C)(C)C(=O)O)c2)ccc2c(-c3ccccc3)n[nH]c12. The van der Waals surface area contributed by atoms with Crippen LogP contribution in [-0.2, 0) is 16.6 Å². The quantitative estimate of drug-likeness (QED) is 0.220. The molecule has 0 bridgehead atoms. The van der Waals surface area contributed by atoms with E-state index in [1.54, 1.807) is 13.8 Å². The number of nitrogens with one attached hydrogen (secondary N) is 2. The molecule has 0 atom stereocenters. The van der Waals surface area contributed by atoms with Crippen LogP contribution in [0.3, 0.4) is 0 Å². The highest BCUT2D eigenvalue weighted by atomic mass is 16.5. The van der Waals surface area contributed by atoms with Gasteiger partial charge < -0.3 is 15.2 Å². The number of ether oxygens (including phenoxy) is 1. The largest absolute Gasteiger partial charge is 0.493 e. The third-order valence-corrected chi connectivity index (χ3v) is 6.38. The van der Waals surface area contributed by atoms with Crippen molar-refractivity contribution in [3.8, 4) is 17.0 Å². The summed E-state index contributed by atoms with van der Waals surface area (Å²) >= 11 is 0. The van der Waals surface area contributed by atoms with Crippen LogP contribution in [0.5, 0.6) is 5.75 Å². The lowest BCUT2D eigenvalue weighted by Gasteiger charge is -2.20.